The van der Waals surface area contributed by atoms with Gasteiger partial charge in [0.2, 0.25) is 0 Å². The van der Waals surface area contributed by atoms with Gasteiger partial charge in [0, 0.05) is 6.20 Å². The van der Waals surface area contributed by atoms with E-state index in [1.807, 2.05) is 4.98 Å². The van der Waals surface area contributed by atoms with Gasteiger partial charge in [0.15, 0.2) is 6.23 Å². The van der Waals surface area contributed by atoms with Crippen molar-refractivity contribution >= 4 is 27.5 Å². The summed E-state index contributed by atoms with van der Waals surface area (Å²) in [6, 6.07) is 0. The van der Waals surface area contributed by atoms with E-state index >= 15 is 0 Å². The average Bonchev–Trinajstić information content (AvgIpc) is 2.61. The Hall–Kier alpha value is -0.670. The molecule has 0 spiro atoms. The molecule has 1 aliphatic rings. The van der Waals surface area contributed by atoms with Crippen molar-refractivity contribution < 1.29 is 14.9 Å². The molecule has 1 aromatic heterocycles. The summed E-state index contributed by atoms with van der Waals surface area (Å²) in [5.74, 6) is 0. The van der Waals surface area contributed by atoms with Crippen LogP contribution in [0.4, 0.5) is 0 Å². The van der Waals surface area contributed by atoms with Crippen molar-refractivity contribution in [3.05, 3.63) is 32.1 Å². The van der Waals surface area contributed by atoms with E-state index in [0.29, 0.717) is 0 Å². The van der Waals surface area contributed by atoms with Crippen molar-refractivity contribution in [1.82, 2.24) is 9.55 Å². The molecular formula is C9H10BrClN2O5. The molecule has 2 heterocycles. The predicted octanol–water partition coefficient (Wildman–Crippen LogP) is -0.796. The van der Waals surface area contributed by atoms with Crippen molar-refractivity contribution in [3.63, 3.8) is 0 Å². The van der Waals surface area contributed by atoms with Crippen LogP contribution in [0.5, 0.6) is 0 Å². The Morgan fingerprint density at radius 2 is 2.22 bits per heavy atom. The lowest BCUT2D eigenvalue weighted by molar-refractivity contribution is -0.0529. The van der Waals surface area contributed by atoms with Crippen LogP contribution < -0.4 is 11.2 Å². The highest BCUT2D eigenvalue weighted by molar-refractivity contribution is 9.09. The normalized spacial score (nSPS) is 31.8. The molecule has 1 aromatic rings. The zero-order valence-electron chi connectivity index (χ0n) is 8.92. The average molecular weight is 342 g/mol. The monoisotopic (exact) mass is 340 g/mol. The van der Waals surface area contributed by atoms with Gasteiger partial charge in [-0.3, -0.25) is 14.3 Å². The van der Waals surface area contributed by atoms with E-state index in [1.165, 1.54) is 0 Å². The number of halogens is 2. The summed E-state index contributed by atoms with van der Waals surface area (Å²) in [6.45, 7) is -0.310. The number of aromatic amines is 1. The lowest BCUT2D eigenvalue weighted by Gasteiger charge is -2.17. The van der Waals surface area contributed by atoms with E-state index in [2.05, 4.69) is 15.9 Å². The molecule has 2 rings (SSSR count). The molecule has 100 valence electrons. The number of hydrogen-bond donors (Lipinski definition) is 3. The lowest BCUT2D eigenvalue weighted by atomic mass is 10.2. The fourth-order valence-corrected chi connectivity index (χ4v) is 2.44. The van der Waals surface area contributed by atoms with Gasteiger partial charge in [0.1, 0.15) is 11.1 Å². The second kappa shape index (κ2) is 5.14. The molecule has 18 heavy (non-hydrogen) atoms. The summed E-state index contributed by atoms with van der Waals surface area (Å²) in [5.41, 5.74) is -1.45. The minimum atomic E-state index is -1.05. The minimum Gasteiger partial charge on any atom is -0.394 e. The predicted molar refractivity (Wildman–Crippen MR) is 66.1 cm³/mol. The largest absolute Gasteiger partial charge is 0.394 e. The molecule has 4 atom stereocenters. The first-order valence-corrected chi connectivity index (χ1v) is 6.34. The summed E-state index contributed by atoms with van der Waals surface area (Å²) in [5, 5.41) is 18.8. The number of ether oxygens (including phenoxy) is 1. The number of nitrogens with zero attached hydrogens (tertiary/aromatic N) is 1. The summed E-state index contributed by atoms with van der Waals surface area (Å²) in [7, 11) is 0. The number of aliphatic hydroxyl groups excluding tert-OH is 2. The summed E-state index contributed by atoms with van der Waals surface area (Å²) in [4.78, 5) is 24.2. The van der Waals surface area contributed by atoms with Crippen molar-refractivity contribution in [1.29, 1.82) is 0 Å². The number of rotatable bonds is 2. The van der Waals surface area contributed by atoms with Gasteiger partial charge in [-0.05, 0) is 0 Å². The van der Waals surface area contributed by atoms with Gasteiger partial charge in [-0.15, -0.1) is 0 Å². The van der Waals surface area contributed by atoms with Gasteiger partial charge in [-0.1, -0.05) is 27.5 Å². The Labute approximate surface area is 114 Å². The van der Waals surface area contributed by atoms with Crippen LogP contribution in [0.2, 0.25) is 5.02 Å². The second-order valence-electron chi connectivity index (χ2n) is 3.83. The van der Waals surface area contributed by atoms with E-state index in [1.54, 1.807) is 0 Å². The maximum Gasteiger partial charge on any atom is 0.330 e. The molecule has 0 aromatic carbocycles. The van der Waals surface area contributed by atoms with Crippen LogP contribution in [0.1, 0.15) is 6.23 Å². The first-order valence-electron chi connectivity index (χ1n) is 5.05. The highest BCUT2D eigenvalue weighted by Gasteiger charge is 2.43. The quantitative estimate of drug-likeness (QED) is 0.611. The van der Waals surface area contributed by atoms with E-state index in [0.717, 1.165) is 10.8 Å². The molecule has 0 radical (unpaired) electrons. The van der Waals surface area contributed by atoms with Crippen molar-refractivity contribution in [2.24, 2.45) is 0 Å². The van der Waals surface area contributed by atoms with Crippen molar-refractivity contribution in [2.45, 2.75) is 23.3 Å². The molecule has 0 unspecified atom stereocenters. The van der Waals surface area contributed by atoms with Crippen LogP contribution in [-0.2, 0) is 4.74 Å². The third-order valence-corrected chi connectivity index (χ3v) is 4.07. The molecule has 0 aliphatic carbocycles. The SMILES string of the molecule is O=c1[nH]c(=O)n([C@@H]2O[C@H](CO)[C@H](Br)[C@H]2O)cc1Cl. The fourth-order valence-electron chi connectivity index (χ4n) is 1.74. The van der Waals surface area contributed by atoms with E-state index in [-0.39, 0.29) is 11.6 Å². The molecule has 3 N–H and O–H groups in total. The zero-order chi connectivity index (χ0) is 13.4. The Balaban J connectivity index is 2.42. The highest BCUT2D eigenvalue weighted by Crippen LogP contribution is 2.32. The molecule has 1 aliphatic heterocycles. The molecule has 0 bridgehead atoms. The molecule has 9 heteroatoms. The Morgan fingerprint density at radius 1 is 1.56 bits per heavy atom. The van der Waals surface area contributed by atoms with Gasteiger partial charge in [0.25, 0.3) is 5.56 Å². The van der Waals surface area contributed by atoms with Crippen LogP contribution in [-0.4, -0.2) is 43.4 Å². The van der Waals surface area contributed by atoms with Crippen LogP contribution in [0.15, 0.2) is 15.8 Å². The third kappa shape index (κ3) is 2.26. The minimum absolute atomic E-state index is 0.191. The zero-order valence-corrected chi connectivity index (χ0v) is 11.3. The van der Waals surface area contributed by atoms with Crippen LogP contribution >= 0.6 is 27.5 Å². The molecule has 1 saturated heterocycles. The lowest BCUT2D eigenvalue weighted by Crippen LogP contribution is -2.36. The van der Waals surface area contributed by atoms with E-state index in [9.17, 15) is 14.7 Å². The van der Waals surface area contributed by atoms with Crippen molar-refractivity contribution in [3.8, 4) is 0 Å². The molecule has 0 amide bonds. The Kier molecular flexibility index (Phi) is 3.93. The van der Waals surface area contributed by atoms with Gasteiger partial charge in [0.05, 0.1) is 17.5 Å². The molecule has 0 saturated carbocycles. The standard InChI is InChI=1S/C9H10BrClN2O5/c10-5-4(2-14)18-8(6(5)15)13-1-3(11)7(16)12-9(13)17/h1,4-6,8,14-15H,2H2,(H,12,16,17)/t4-,5+,6-,8-/m1/s1. The van der Waals surface area contributed by atoms with Crippen LogP contribution in [0.3, 0.4) is 0 Å². The smallest absolute Gasteiger partial charge is 0.330 e. The Morgan fingerprint density at radius 3 is 2.78 bits per heavy atom. The van der Waals surface area contributed by atoms with Gasteiger partial charge in [-0.25, -0.2) is 4.79 Å². The number of nitrogens with one attached hydrogen (secondary N) is 1. The number of aromatic nitrogens is 2. The molecule has 7 nitrogen and oxygen atoms in total. The molecule has 1 fully saturated rings. The number of aliphatic hydroxyl groups is 2. The van der Waals surface area contributed by atoms with Gasteiger partial charge in [-0.2, -0.15) is 0 Å². The number of H-pyrrole nitrogens is 1. The second-order valence-corrected chi connectivity index (χ2v) is 5.29. The first kappa shape index (κ1) is 13.8. The number of hydrogen-bond acceptors (Lipinski definition) is 5. The fraction of sp³-hybridized carbons (Fsp3) is 0.556. The maximum absolute atomic E-state index is 11.6. The first-order chi connectivity index (χ1) is 8.45. The summed E-state index contributed by atoms with van der Waals surface area (Å²) in [6.07, 6.45) is -1.63. The van der Waals surface area contributed by atoms with Gasteiger partial charge >= 0.3 is 5.69 Å². The summed E-state index contributed by atoms with van der Waals surface area (Å²) < 4.78 is 6.32. The summed E-state index contributed by atoms with van der Waals surface area (Å²) >= 11 is 8.79. The van der Waals surface area contributed by atoms with Gasteiger partial charge < -0.3 is 14.9 Å². The van der Waals surface area contributed by atoms with Crippen molar-refractivity contribution in [2.75, 3.05) is 6.61 Å². The number of alkyl halides is 1. The third-order valence-electron chi connectivity index (χ3n) is 2.67. The maximum atomic E-state index is 11.6. The topological polar surface area (TPSA) is 105 Å². The van der Waals surface area contributed by atoms with E-state index in [4.69, 9.17) is 21.4 Å². The van der Waals surface area contributed by atoms with Crippen LogP contribution in [0.25, 0.3) is 0 Å². The molecular weight excluding hydrogens is 331 g/mol. The van der Waals surface area contributed by atoms with Crippen LogP contribution in [0, 0.1) is 0 Å². The van der Waals surface area contributed by atoms with E-state index < -0.39 is 34.5 Å². The highest BCUT2D eigenvalue weighted by atomic mass is 79.9. The Bertz CT molecular complexity index is 559.